The topological polar surface area (TPSA) is 100 Å². The Labute approximate surface area is 246 Å². The summed E-state index contributed by atoms with van der Waals surface area (Å²) in [6.45, 7) is 2.04. The fourth-order valence-electron chi connectivity index (χ4n) is 4.88. The Kier molecular flexibility index (Phi) is 8.74. The van der Waals surface area contributed by atoms with Crippen LogP contribution in [0.2, 0.25) is 0 Å². The second kappa shape index (κ2) is 12.3. The SMILES string of the molecule is O=C1NC(=O)C(=Cc2ccnc(N3CCC(CNCc4cccnc4-c4ccc(C(F)(F)F)cc4C(F)(F)F)CC3)n2)S1. The second-order valence-corrected chi connectivity index (χ2v) is 11.0. The van der Waals surface area contributed by atoms with Gasteiger partial charge in [0.2, 0.25) is 5.95 Å². The number of benzene rings is 1. The zero-order valence-corrected chi connectivity index (χ0v) is 23.1. The largest absolute Gasteiger partial charge is 0.417 e. The van der Waals surface area contributed by atoms with Gasteiger partial charge in [0.25, 0.3) is 11.1 Å². The predicted octanol–water partition coefficient (Wildman–Crippen LogP) is 5.91. The van der Waals surface area contributed by atoms with E-state index in [1.807, 2.05) is 4.90 Å². The van der Waals surface area contributed by atoms with E-state index in [0.717, 1.165) is 30.7 Å². The minimum atomic E-state index is -5.00. The molecule has 0 radical (unpaired) electrons. The molecule has 226 valence electrons. The highest BCUT2D eigenvalue weighted by Crippen LogP contribution is 2.41. The van der Waals surface area contributed by atoms with Crippen LogP contribution in [0.3, 0.4) is 0 Å². The van der Waals surface area contributed by atoms with Crippen LogP contribution in [0.5, 0.6) is 0 Å². The van der Waals surface area contributed by atoms with E-state index in [0.29, 0.717) is 42.9 Å². The molecule has 2 aliphatic rings. The molecule has 0 aliphatic carbocycles. The van der Waals surface area contributed by atoms with Gasteiger partial charge < -0.3 is 10.2 Å². The van der Waals surface area contributed by atoms with E-state index in [1.165, 1.54) is 12.3 Å². The van der Waals surface area contributed by atoms with Gasteiger partial charge in [-0.3, -0.25) is 19.9 Å². The summed E-state index contributed by atoms with van der Waals surface area (Å²) < 4.78 is 80.7. The van der Waals surface area contributed by atoms with Crippen molar-refractivity contribution in [3.05, 3.63) is 76.1 Å². The highest BCUT2D eigenvalue weighted by molar-refractivity contribution is 8.18. The zero-order valence-electron chi connectivity index (χ0n) is 22.3. The third kappa shape index (κ3) is 7.33. The first-order valence-electron chi connectivity index (χ1n) is 13.1. The molecule has 0 atom stereocenters. The lowest BCUT2D eigenvalue weighted by Gasteiger charge is -2.32. The Hall–Kier alpha value is -3.98. The standard InChI is InChI=1S/C28H24F6N6O2S/c29-27(30,31)18-3-4-20(21(12-18)28(32,33)34)23-17(2-1-8-36-23)15-35-14-16-6-10-40(11-7-16)25-37-9-5-19(38-25)13-22-24(41)39-26(42)43-22/h1-5,8-9,12-13,16,35H,6-7,10-11,14-15H2,(H,39,41,42). The molecule has 43 heavy (non-hydrogen) atoms. The lowest BCUT2D eigenvalue weighted by atomic mass is 9.96. The molecule has 2 amide bonds. The van der Waals surface area contributed by atoms with Crippen molar-refractivity contribution < 1.29 is 35.9 Å². The molecule has 2 aliphatic heterocycles. The summed E-state index contributed by atoms with van der Waals surface area (Å²) in [5.41, 5.74) is -2.29. The maximum Gasteiger partial charge on any atom is 0.417 e. The van der Waals surface area contributed by atoms with Gasteiger partial charge in [0.15, 0.2) is 0 Å². The lowest BCUT2D eigenvalue weighted by molar-refractivity contribution is -0.142. The van der Waals surface area contributed by atoms with Crippen molar-refractivity contribution in [2.45, 2.75) is 31.7 Å². The Morgan fingerprint density at radius 1 is 1.00 bits per heavy atom. The lowest BCUT2D eigenvalue weighted by Crippen LogP contribution is -2.38. The van der Waals surface area contributed by atoms with Crippen LogP contribution in [0.15, 0.2) is 53.7 Å². The number of anilines is 1. The Balaban J connectivity index is 1.20. The summed E-state index contributed by atoms with van der Waals surface area (Å²) in [4.78, 5) is 38.4. The number of carbonyl (C=O) groups is 2. The minimum Gasteiger partial charge on any atom is -0.341 e. The molecule has 4 heterocycles. The fraction of sp³-hybridized carbons (Fsp3) is 0.321. The molecule has 0 saturated carbocycles. The number of pyridine rings is 1. The molecule has 2 N–H and O–H groups in total. The summed E-state index contributed by atoms with van der Waals surface area (Å²) in [5.74, 6) is 0.276. The highest BCUT2D eigenvalue weighted by atomic mass is 32.2. The van der Waals surface area contributed by atoms with Crippen molar-refractivity contribution in [1.29, 1.82) is 0 Å². The van der Waals surface area contributed by atoms with Crippen molar-refractivity contribution in [1.82, 2.24) is 25.6 Å². The third-order valence-corrected chi connectivity index (χ3v) is 7.84. The number of hydrogen-bond donors (Lipinski definition) is 2. The molecule has 2 aromatic heterocycles. The van der Waals surface area contributed by atoms with Gasteiger partial charge in [-0.05, 0) is 73.0 Å². The van der Waals surface area contributed by atoms with Crippen LogP contribution in [-0.4, -0.2) is 45.7 Å². The van der Waals surface area contributed by atoms with Gasteiger partial charge in [0, 0.05) is 37.6 Å². The number of thioether (sulfide) groups is 1. The number of amides is 2. The van der Waals surface area contributed by atoms with E-state index >= 15 is 0 Å². The number of piperidine rings is 1. The first-order valence-corrected chi connectivity index (χ1v) is 14.0. The number of alkyl halides is 6. The van der Waals surface area contributed by atoms with Crippen LogP contribution in [0.4, 0.5) is 37.1 Å². The second-order valence-electron chi connectivity index (χ2n) is 9.96. The zero-order chi connectivity index (χ0) is 30.8. The van der Waals surface area contributed by atoms with Gasteiger partial charge in [0.1, 0.15) is 0 Å². The molecule has 3 aromatic rings. The van der Waals surface area contributed by atoms with Crippen LogP contribution >= 0.6 is 11.8 Å². The predicted molar refractivity (Wildman–Crippen MR) is 147 cm³/mol. The number of imide groups is 1. The number of aromatic nitrogens is 3. The molecular weight excluding hydrogens is 598 g/mol. The van der Waals surface area contributed by atoms with Gasteiger partial charge >= 0.3 is 12.4 Å². The molecule has 8 nitrogen and oxygen atoms in total. The number of rotatable bonds is 7. The number of nitrogens with zero attached hydrogens (tertiary/aromatic N) is 4. The van der Waals surface area contributed by atoms with Gasteiger partial charge in [-0.1, -0.05) is 12.1 Å². The van der Waals surface area contributed by atoms with Gasteiger partial charge in [-0.15, -0.1) is 0 Å². The van der Waals surface area contributed by atoms with E-state index < -0.39 is 40.2 Å². The minimum absolute atomic E-state index is 0.0317. The summed E-state index contributed by atoms with van der Waals surface area (Å²) >= 11 is 0.804. The first-order chi connectivity index (χ1) is 20.4. The summed E-state index contributed by atoms with van der Waals surface area (Å²) in [7, 11) is 0. The van der Waals surface area contributed by atoms with Crippen molar-refractivity contribution in [2.75, 3.05) is 24.5 Å². The molecule has 15 heteroatoms. The molecule has 0 spiro atoms. The third-order valence-electron chi connectivity index (χ3n) is 7.03. The van der Waals surface area contributed by atoms with Crippen LogP contribution in [0, 0.1) is 5.92 Å². The van der Waals surface area contributed by atoms with E-state index in [4.69, 9.17) is 0 Å². The smallest absolute Gasteiger partial charge is 0.341 e. The number of nitrogens with one attached hydrogen (secondary N) is 2. The number of halogens is 6. The van der Waals surface area contributed by atoms with Crippen molar-refractivity contribution in [2.24, 2.45) is 5.92 Å². The molecule has 0 unspecified atom stereocenters. The monoisotopic (exact) mass is 622 g/mol. The van der Waals surface area contributed by atoms with Crippen LogP contribution < -0.4 is 15.5 Å². The Morgan fingerprint density at radius 3 is 2.44 bits per heavy atom. The number of carbonyl (C=O) groups excluding carboxylic acids is 2. The first kappa shape index (κ1) is 30.5. The average molecular weight is 623 g/mol. The number of hydrogen-bond acceptors (Lipinski definition) is 8. The van der Waals surface area contributed by atoms with Crippen LogP contribution in [0.1, 0.15) is 35.2 Å². The molecule has 2 fully saturated rings. The van der Waals surface area contributed by atoms with E-state index in [9.17, 15) is 35.9 Å². The van der Waals surface area contributed by atoms with Crippen molar-refractivity contribution in [3.63, 3.8) is 0 Å². The van der Waals surface area contributed by atoms with Gasteiger partial charge in [-0.2, -0.15) is 26.3 Å². The van der Waals surface area contributed by atoms with Crippen LogP contribution in [-0.2, 0) is 23.7 Å². The maximum atomic E-state index is 13.8. The molecular formula is C28H24F6N6O2S. The quantitative estimate of drug-likeness (QED) is 0.248. The van der Waals surface area contributed by atoms with E-state index in [2.05, 4.69) is 25.6 Å². The molecule has 1 aromatic carbocycles. The average Bonchev–Trinajstić information content (AvgIpc) is 3.28. The van der Waals surface area contributed by atoms with Crippen LogP contribution in [0.25, 0.3) is 17.3 Å². The highest BCUT2D eigenvalue weighted by Gasteiger charge is 2.39. The van der Waals surface area contributed by atoms with E-state index in [1.54, 1.807) is 24.4 Å². The molecule has 0 bridgehead atoms. The fourth-order valence-corrected chi connectivity index (χ4v) is 5.55. The summed E-state index contributed by atoms with van der Waals surface area (Å²) in [6, 6.07) is 6.37. The van der Waals surface area contributed by atoms with E-state index in [-0.39, 0.29) is 29.1 Å². The summed E-state index contributed by atoms with van der Waals surface area (Å²) in [6.07, 6.45) is -3.94. The van der Waals surface area contributed by atoms with Crippen molar-refractivity contribution >= 4 is 34.9 Å². The molecule has 2 saturated heterocycles. The summed E-state index contributed by atoms with van der Waals surface area (Å²) in [5, 5.41) is 5.02. The Bertz CT molecular complexity index is 1550. The van der Waals surface area contributed by atoms with Gasteiger partial charge in [0.05, 0.1) is 27.4 Å². The molecule has 5 rings (SSSR count). The maximum absolute atomic E-state index is 13.8. The normalized spacial score (nSPS) is 17.5. The Morgan fingerprint density at radius 2 is 1.77 bits per heavy atom. The van der Waals surface area contributed by atoms with Crippen molar-refractivity contribution in [3.8, 4) is 11.3 Å². The van der Waals surface area contributed by atoms with Gasteiger partial charge in [-0.25, -0.2) is 9.97 Å².